The van der Waals surface area contributed by atoms with Crippen LogP contribution in [0.3, 0.4) is 0 Å². The zero-order chi connectivity index (χ0) is 28.3. The summed E-state index contributed by atoms with van der Waals surface area (Å²) in [6, 6.07) is 29.5. The molecule has 0 spiro atoms. The standard InChI is InChI=1S/C30H24F6NOP.BrH/c1-21(37-28(38)22-17-23(29(31,32)33)19-24(18-22)30(34,35)36)20-39(25-11-5-2-6-12-25,26-13-7-3-8-14-26)27-15-9-4-10-16-27;/h2-19,21H,20H2,1H3;1H/t21-;/m0./s1. The first-order valence-corrected chi connectivity index (χ1v) is 14.0. The molecule has 4 rings (SSSR count). The zero-order valence-electron chi connectivity index (χ0n) is 21.2. The lowest BCUT2D eigenvalue weighted by Crippen LogP contribution is -3.00. The number of halogens is 7. The number of benzene rings is 4. The van der Waals surface area contributed by atoms with Gasteiger partial charge >= 0.3 is 12.4 Å². The average Bonchev–Trinajstić information content (AvgIpc) is 2.92. The number of carbonyl (C=O) groups excluding carboxylic acids is 1. The monoisotopic (exact) mass is 639 g/mol. The van der Waals surface area contributed by atoms with Crippen LogP contribution in [0, 0.1) is 0 Å². The summed E-state index contributed by atoms with van der Waals surface area (Å²) >= 11 is 0. The number of alkyl halides is 6. The third-order valence-electron chi connectivity index (χ3n) is 6.37. The predicted octanol–water partition coefficient (Wildman–Crippen LogP) is 3.84. The molecule has 0 heterocycles. The van der Waals surface area contributed by atoms with Crippen LogP contribution in [-0.2, 0) is 12.4 Å². The van der Waals surface area contributed by atoms with Gasteiger partial charge in [-0.25, -0.2) is 0 Å². The molecule has 1 N–H and O–H groups in total. The Labute approximate surface area is 239 Å². The molecule has 0 radical (unpaired) electrons. The van der Waals surface area contributed by atoms with E-state index in [0.29, 0.717) is 18.3 Å². The van der Waals surface area contributed by atoms with E-state index < -0.39 is 48.3 Å². The van der Waals surface area contributed by atoms with E-state index in [1.54, 1.807) is 6.92 Å². The SMILES string of the molecule is C[C@@H](C[P+](c1ccccc1)(c1ccccc1)c1ccccc1)NC(=O)c1cc(C(F)(F)F)cc(C(F)(F)F)c1.[Br-]. The average molecular weight is 640 g/mol. The van der Waals surface area contributed by atoms with Crippen LogP contribution in [0.2, 0.25) is 0 Å². The highest BCUT2D eigenvalue weighted by Gasteiger charge is 2.46. The highest BCUT2D eigenvalue weighted by Crippen LogP contribution is 2.55. The van der Waals surface area contributed by atoms with E-state index in [4.69, 9.17) is 0 Å². The molecule has 0 aliphatic rings. The second-order valence-electron chi connectivity index (χ2n) is 9.17. The summed E-state index contributed by atoms with van der Waals surface area (Å²) in [5.74, 6) is -1.01. The van der Waals surface area contributed by atoms with Gasteiger partial charge in [0.05, 0.1) is 23.3 Å². The number of nitrogens with one attached hydrogen (secondary N) is 1. The molecule has 0 saturated heterocycles. The number of rotatable bonds is 7. The van der Waals surface area contributed by atoms with Gasteiger partial charge in [0.15, 0.2) is 0 Å². The van der Waals surface area contributed by atoms with Crippen molar-refractivity contribution in [1.82, 2.24) is 5.32 Å². The van der Waals surface area contributed by atoms with Crippen LogP contribution in [0.15, 0.2) is 109 Å². The molecule has 1 atom stereocenters. The van der Waals surface area contributed by atoms with E-state index in [1.165, 1.54) is 0 Å². The Bertz CT molecular complexity index is 1280. The molecule has 210 valence electrons. The third-order valence-corrected chi connectivity index (χ3v) is 11.0. The van der Waals surface area contributed by atoms with Crippen molar-refractivity contribution in [2.24, 2.45) is 0 Å². The van der Waals surface area contributed by atoms with Crippen molar-refractivity contribution in [3.8, 4) is 0 Å². The predicted molar refractivity (Wildman–Crippen MR) is 143 cm³/mol. The van der Waals surface area contributed by atoms with Gasteiger partial charge in [-0.1, -0.05) is 54.6 Å². The lowest BCUT2D eigenvalue weighted by atomic mass is 10.0. The molecule has 1 amide bonds. The summed E-state index contributed by atoms with van der Waals surface area (Å²) in [5.41, 5.74) is -3.77. The number of carbonyl (C=O) groups is 1. The molecule has 4 aromatic carbocycles. The Balaban J connectivity index is 0.00000441. The summed E-state index contributed by atoms with van der Waals surface area (Å²) in [5, 5.41) is 5.76. The fourth-order valence-electron chi connectivity index (χ4n) is 4.66. The summed E-state index contributed by atoms with van der Waals surface area (Å²) in [6.07, 6.45) is -9.70. The fraction of sp³-hybridized carbons (Fsp3) is 0.167. The highest BCUT2D eigenvalue weighted by atomic mass is 79.9. The molecule has 0 unspecified atom stereocenters. The van der Waals surface area contributed by atoms with Crippen LogP contribution in [0.25, 0.3) is 0 Å². The van der Waals surface area contributed by atoms with Crippen molar-refractivity contribution in [2.45, 2.75) is 25.3 Å². The van der Waals surface area contributed by atoms with Crippen LogP contribution >= 0.6 is 7.26 Å². The second-order valence-corrected chi connectivity index (χ2v) is 12.7. The molecule has 0 bridgehead atoms. The minimum absolute atomic E-state index is 0. The van der Waals surface area contributed by atoms with Gasteiger partial charge in [-0.15, -0.1) is 0 Å². The Kier molecular flexibility index (Phi) is 9.85. The minimum atomic E-state index is -5.05. The van der Waals surface area contributed by atoms with Crippen LogP contribution in [0.1, 0.15) is 28.4 Å². The van der Waals surface area contributed by atoms with Gasteiger partial charge in [0.1, 0.15) is 23.2 Å². The molecule has 0 aliphatic carbocycles. The zero-order valence-corrected chi connectivity index (χ0v) is 23.7. The second kappa shape index (κ2) is 12.6. The number of hydrogen-bond acceptors (Lipinski definition) is 1. The maximum Gasteiger partial charge on any atom is 0.416 e. The van der Waals surface area contributed by atoms with Gasteiger partial charge < -0.3 is 22.3 Å². The van der Waals surface area contributed by atoms with Crippen LogP contribution in [0.5, 0.6) is 0 Å². The normalized spacial score (nSPS) is 12.8. The largest absolute Gasteiger partial charge is 1.00 e. The first-order valence-electron chi connectivity index (χ1n) is 12.1. The Morgan fingerprint density at radius 3 is 1.35 bits per heavy atom. The van der Waals surface area contributed by atoms with Gasteiger partial charge in [0, 0.05) is 5.56 Å². The lowest BCUT2D eigenvalue weighted by Gasteiger charge is -2.30. The summed E-state index contributed by atoms with van der Waals surface area (Å²) in [4.78, 5) is 13.1. The summed E-state index contributed by atoms with van der Waals surface area (Å²) < 4.78 is 80.1. The molecule has 2 nitrogen and oxygen atoms in total. The van der Waals surface area contributed by atoms with E-state index in [-0.39, 0.29) is 23.0 Å². The van der Waals surface area contributed by atoms with Gasteiger partial charge in [0.2, 0.25) is 0 Å². The molecular formula is C30H25BrF6NOP. The Morgan fingerprint density at radius 1 is 0.675 bits per heavy atom. The van der Waals surface area contributed by atoms with Crippen LogP contribution in [-0.4, -0.2) is 18.1 Å². The van der Waals surface area contributed by atoms with E-state index in [1.807, 2.05) is 91.0 Å². The van der Waals surface area contributed by atoms with Gasteiger partial charge in [0.25, 0.3) is 5.91 Å². The van der Waals surface area contributed by atoms with Gasteiger partial charge in [-0.2, -0.15) is 26.3 Å². The molecule has 0 fully saturated rings. The quantitative estimate of drug-likeness (QED) is 0.242. The number of hydrogen-bond donors (Lipinski definition) is 1. The first-order chi connectivity index (χ1) is 18.4. The molecule has 0 aliphatic heterocycles. The third kappa shape index (κ3) is 6.94. The molecule has 4 aromatic rings. The molecule has 0 saturated carbocycles. The smallest absolute Gasteiger partial charge is 0.416 e. The summed E-state index contributed by atoms with van der Waals surface area (Å²) in [7, 11) is -2.40. The maximum atomic E-state index is 13.4. The van der Waals surface area contributed by atoms with E-state index in [2.05, 4.69) is 5.32 Å². The topological polar surface area (TPSA) is 29.1 Å². The van der Waals surface area contributed by atoms with Crippen molar-refractivity contribution < 1.29 is 48.1 Å². The van der Waals surface area contributed by atoms with Crippen molar-refractivity contribution >= 4 is 29.1 Å². The summed E-state index contributed by atoms with van der Waals surface area (Å²) in [6.45, 7) is 1.71. The van der Waals surface area contributed by atoms with E-state index in [0.717, 1.165) is 15.9 Å². The van der Waals surface area contributed by atoms with Gasteiger partial charge in [-0.05, 0) is 61.5 Å². The highest BCUT2D eigenvalue weighted by molar-refractivity contribution is 7.95. The Hall–Kier alpha value is -3.16. The first kappa shape index (κ1) is 31.4. The van der Waals surface area contributed by atoms with Gasteiger partial charge in [-0.3, -0.25) is 4.79 Å². The molecular weight excluding hydrogens is 615 g/mol. The Morgan fingerprint density at radius 2 is 1.02 bits per heavy atom. The number of amides is 1. The molecule has 10 heteroatoms. The van der Waals surface area contributed by atoms with Crippen LogP contribution in [0.4, 0.5) is 26.3 Å². The van der Waals surface area contributed by atoms with E-state index >= 15 is 0 Å². The van der Waals surface area contributed by atoms with Crippen LogP contribution < -0.4 is 38.2 Å². The lowest BCUT2D eigenvalue weighted by molar-refractivity contribution is -0.143. The fourth-order valence-corrected chi connectivity index (χ4v) is 9.14. The van der Waals surface area contributed by atoms with E-state index in [9.17, 15) is 31.1 Å². The molecule has 40 heavy (non-hydrogen) atoms. The minimum Gasteiger partial charge on any atom is -1.00 e. The van der Waals surface area contributed by atoms with Crippen molar-refractivity contribution in [3.05, 3.63) is 126 Å². The van der Waals surface area contributed by atoms with Crippen molar-refractivity contribution in [2.75, 3.05) is 6.16 Å². The van der Waals surface area contributed by atoms with Crippen molar-refractivity contribution in [3.63, 3.8) is 0 Å². The van der Waals surface area contributed by atoms with Crippen molar-refractivity contribution in [1.29, 1.82) is 0 Å². The molecule has 0 aromatic heterocycles. The maximum absolute atomic E-state index is 13.4.